The average molecular weight is 328 g/mol. The van der Waals surface area contributed by atoms with Gasteiger partial charge in [0.05, 0.1) is 29.1 Å². The van der Waals surface area contributed by atoms with Gasteiger partial charge >= 0.3 is 0 Å². The fourth-order valence-electron chi connectivity index (χ4n) is 1.86. The lowest BCUT2D eigenvalue weighted by Crippen LogP contribution is -2.21. The van der Waals surface area contributed by atoms with Gasteiger partial charge in [0.2, 0.25) is 0 Å². The number of aromatic nitrogens is 4. The molecule has 0 aromatic carbocycles. The van der Waals surface area contributed by atoms with Crippen LogP contribution >= 0.6 is 15.9 Å². The molecule has 0 aliphatic heterocycles. The third-order valence-corrected chi connectivity index (χ3v) is 3.50. The highest BCUT2D eigenvalue weighted by Crippen LogP contribution is 2.28. The lowest BCUT2D eigenvalue weighted by atomic mass is 10.1. The zero-order valence-corrected chi connectivity index (χ0v) is 12.9. The van der Waals surface area contributed by atoms with Crippen molar-refractivity contribution in [3.8, 4) is 0 Å². The molecule has 2 rings (SSSR count). The molecule has 0 fully saturated rings. The van der Waals surface area contributed by atoms with E-state index in [-0.39, 0.29) is 0 Å². The van der Waals surface area contributed by atoms with E-state index in [0.29, 0.717) is 0 Å². The van der Waals surface area contributed by atoms with Crippen LogP contribution in [0, 0.1) is 0 Å². The third kappa shape index (κ3) is 3.23. The molecule has 2 aromatic heterocycles. The van der Waals surface area contributed by atoms with Crippen molar-refractivity contribution >= 4 is 15.9 Å². The largest absolute Gasteiger partial charge is 0.382 e. The molecule has 0 amide bonds. The highest BCUT2D eigenvalue weighted by molar-refractivity contribution is 9.10. The number of halogens is 1. The first-order chi connectivity index (χ1) is 8.99. The van der Waals surface area contributed by atoms with Crippen molar-refractivity contribution < 1.29 is 5.11 Å². The second-order valence-corrected chi connectivity index (χ2v) is 5.61. The minimum Gasteiger partial charge on any atom is -0.382 e. The zero-order chi connectivity index (χ0) is 14.0. The van der Waals surface area contributed by atoms with Gasteiger partial charge in [-0.2, -0.15) is 10.2 Å². The number of nitrogens with zero attached hydrogens (tertiary/aromatic N) is 5. The van der Waals surface area contributed by atoms with E-state index in [0.717, 1.165) is 28.8 Å². The standard InChI is InChI=1S/C12H18BrN5O/c1-16(2)4-5-18-11(10(13)7-15-18)12(19)9-6-14-17(3)8-9/h6-8,12,19H,4-5H2,1-3H3. The Morgan fingerprint density at radius 1 is 1.37 bits per heavy atom. The summed E-state index contributed by atoms with van der Waals surface area (Å²) in [7, 11) is 5.85. The third-order valence-electron chi connectivity index (χ3n) is 2.89. The van der Waals surface area contributed by atoms with Gasteiger partial charge in [0.1, 0.15) is 6.10 Å². The van der Waals surface area contributed by atoms with Crippen LogP contribution in [0.4, 0.5) is 0 Å². The van der Waals surface area contributed by atoms with Crippen LogP contribution in [0.1, 0.15) is 17.4 Å². The monoisotopic (exact) mass is 327 g/mol. The summed E-state index contributed by atoms with van der Waals surface area (Å²) >= 11 is 3.44. The van der Waals surface area contributed by atoms with Gasteiger partial charge in [0.15, 0.2) is 0 Å². The van der Waals surface area contributed by atoms with Gasteiger partial charge in [0, 0.05) is 25.4 Å². The predicted molar refractivity (Wildman–Crippen MR) is 75.8 cm³/mol. The molecule has 6 nitrogen and oxygen atoms in total. The normalized spacial score (nSPS) is 13.2. The summed E-state index contributed by atoms with van der Waals surface area (Å²) in [6, 6.07) is 0. The molecular formula is C12H18BrN5O. The maximum Gasteiger partial charge on any atom is 0.125 e. The first-order valence-electron chi connectivity index (χ1n) is 6.01. The van der Waals surface area contributed by atoms with Gasteiger partial charge in [-0.25, -0.2) is 0 Å². The number of likely N-dealkylation sites (N-methyl/N-ethyl adjacent to an activating group) is 1. The second-order valence-electron chi connectivity index (χ2n) is 4.75. The Hall–Kier alpha value is -1.18. The number of aryl methyl sites for hydroxylation is 1. The lowest BCUT2D eigenvalue weighted by Gasteiger charge is -2.15. The summed E-state index contributed by atoms with van der Waals surface area (Å²) in [5.41, 5.74) is 1.52. The predicted octanol–water partition coefficient (Wildman–Crippen LogP) is 1.02. The summed E-state index contributed by atoms with van der Waals surface area (Å²) in [5, 5.41) is 18.8. The highest BCUT2D eigenvalue weighted by Gasteiger charge is 2.20. The Balaban J connectivity index is 2.25. The van der Waals surface area contributed by atoms with Crippen molar-refractivity contribution in [2.75, 3.05) is 20.6 Å². The average Bonchev–Trinajstić information content (AvgIpc) is 2.92. The maximum absolute atomic E-state index is 10.5. The van der Waals surface area contributed by atoms with Crippen LogP contribution in [-0.4, -0.2) is 50.2 Å². The van der Waals surface area contributed by atoms with Crippen LogP contribution in [-0.2, 0) is 13.6 Å². The fraction of sp³-hybridized carbons (Fsp3) is 0.500. The Kier molecular flexibility index (Phi) is 4.38. The quantitative estimate of drug-likeness (QED) is 0.890. The fourth-order valence-corrected chi connectivity index (χ4v) is 2.37. The minimum atomic E-state index is -0.729. The van der Waals surface area contributed by atoms with E-state index < -0.39 is 6.10 Å². The molecule has 0 saturated carbocycles. The number of rotatable bonds is 5. The Morgan fingerprint density at radius 2 is 2.11 bits per heavy atom. The molecule has 0 aliphatic carbocycles. The SMILES string of the molecule is CN(C)CCn1ncc(Br)c1C(O)c1cnn(C)c1. The van der Waals surface area contributed by atoms with Gasteiger partial charge < -0.3 is 10.0 Å². The summed E-state index contributed by atoms with van der Waals surface area (Å²) in [4.78, 5) is 2.08. The van der Waals surface area contributed by atoms with Gasteiger partial charge in [-0.3, -0.25) is 9.36 Å². The van der Waals surface area contributed by atoms with Crippen LogP contribution < -0.4 is 0 Å². The Labute approximate surface area is 120 Å². The maximum atomic E-state index is 10.5. The molecule has 1 unspecified atom stereocenters. The van der Waals surface area contributed by atoms with E-state index in [1.54, 1.807) is 23.3 Å². The van der Waals surface area contributed by atoms with Gasteiger partial charge in [-0.05, 0) is 30.0 Å². The lowest BCUT2D eigenvalue weighted by molar-refractivity contribution is 0.204. The topological polar surface area (TPSA) is 59.1 Å². The van der Waals surface area contributed by atoms with E-state index in [4.69, 9.17) is 0 Å². The van der Waals surface area contributed by atoms with E-state index in [1.165, 1.54) is 0 Å². The molecular weight excluding hydrogens is 310 g/mol. The van der Waals surface area contributed by atoms with Crippen LogP contribution in [0.2, 0.25) is 0 Å². The van der Waals surface area contributed by atoms with Crippen LogP contribution in [0.15, 0.2) is 23.1 Å². The van der Waals surface area contributed by atoms with E-state index in [1.807, 2.05) is 25.8 Å². The molecule has 19 heavy (non-hydrogen) atoms. The summed E-state index contributed by atoms with van der Waals surface area (Å²) in [5.74, 6) is 0. The molecule has 0 aliphatic rings. The number of hydrogen-bond acceptors (Lipinski definition) is 4. The minimum absolute atomic E-state index is 0.727. The van der Waals surface area contributed by atoms with Crippen molar-refractivity contribution in [2.45, 2.75) is 12.6 Å². The number of aliphatic hydroxyl groups excluding tert-OH is 1. The van der Waals surface area contributed by atoms with Crippen molar-refractivity contribution in [2.24, 2.45) is 7.05 Å². The molecule has 0 bridgehead atoms. The van der Waals surface area contributed by atoms with E-state index in [2.05, 4.69) is 31.0 Å². The van der Waals surface area contributed by atoms with Gasteiger partial charge in [-0.15, -0.1) is 0 Å². The molecule has 0 spiro atoms. The summed E-state index contributed by atoms with van der Waals surface area (Å²) in [6.45, 7) is 1.59. The number of hydrogen-bond donors (Lipinski definition) is 1. The van der Waals surface area contributed by atoms with Crippen molar-refractivity contribution in [3.05, 3.63) is 34.3 Å². The Bertz CT molecular complexity index is 548. The first kappa shape index (κ1) is 14.2. The van der Waals surface area contributed by atoms with Crippen molar-refractivity contribution in [3.63, 3.8) is 0 Å². The molecule has 2 aromatic rings. The molecule has 1 atom stereocenters. The number of aliphatic hydroxyl groups is 1. The zero-order valence-electron chi connectivity index (χ0n) is 11.3. The Morgan fingerprint density at radius 3 is 2.68 bits per heavy atom. The smallest absolute Gasteiger partial charge is 0.125 e. The second kappa shape index (κ2) is 5.85. The molecule has 104 valence electrons. The van der Waals surface area contributed by atoms with Crippen molar-refractivity contribution in [1.29, 1.82) is 0 Å². The molecule has 0 saturated heterocycles. The van der Waals surface area contributed by atoms with Crippen LogP contribution in [0.3, 0.4) is 0 Å². The molecule has 7 heteroatoms. The summed E-state index contributed by atoms with van der Waals surface area (Å²) < 4.78 is 4.30. The van der Waals surface area contributed by atoms with E-state index >= 15 is 0 Å². The molecule has 2 heterocycles. The van der Waals surface area contributed by atoms with Gasteiger partial charge in [0.25, 0.3) is 0 Å². The van der Waals surface area contributed by atoms with Crippen LogP contribution in [0.5, 0.6) is 0 Å². The summed E-state index contributed by atoms with van der Waals surface area (Å²) in [6.07, 6.45) is 4.46. The van der Waals surface area contributed by atoms with Gasteiger partial charge in [-0.1, -0.05) is 0 Å². The van der Waals surface area contributed by atoms with Crippen molar-refractivity contribution in [1.82, 2.24) is 24.5 Å². The van der Waals surface area contributed by atoms with E-state index in [9.17, 15) is 5.11 Å². The molecule has 1 N–H and O–H groups in total. The first-order valence-corrected chi connectivity index (χ1v) is 6.81. The van der Waals surface area contributed by atoms with Crippen LogP contribution in [0.25, 0.3) is 0 Å². The molecule has 0 radical (unpaired) electrons. The highest BCUT2D eigenvalue weighted by atomic mass is 79.9.